The Hall–Kier alpha value is -2.60. The normalized spacial score (nSPS) is 10.5. The van der Waals surface area contributed by atoms with Gasteiger partial charge in [0.25, 0.3) is 5.91 Å². The van der Waals surface area contributed by atoms with E-state index in [1.165, 1.54) is 6.20 Å². The first kappa shape index (κ1) is 15.3. The fourth-order valence-electron chi connectivity index (χ4n) is 2.19. The Balaban J connectivity index is 1.81. The molecule has 118 valence electrons. The number of hydrogen-bond acceptors (Lipinski definition) is 5. The van der Waals surface area contributed by atoms with Crippen LogP contribution in [0.4, 0.5) is 0 Å². The number of amides is 1. The molecule has 3 aromatic rings. The number of methoxy groups -OCH3 is 1. The monoisotopic (exact) mass is 328 g/mol. The predicted octanol–water partition coefficient (Wildman–Crippen LogP) is 3.59. The first-order chi connectivity index (χ1) is 11.3. The Morgan fingerprint density at radius 3 is 2.78 bits per heavy atom. The zero-order valence-corrected chi connectivity index (χ0v) is 13.5. The first-order valence-electron chi connectivity index (χ1n) is 7.10. The molecule has 0 saturated carbocycles. The molecular formula is C17H16N2O3S. The first-order valence-corrected chi connectivity index (χ1v) is 7.98. The van der Waals surface area contributed by atoms with Gasteiger partial charge in [0.1, 0.15) is 5.76 Å². The molecule has 0 unspecified atom stereocenters. The van der Waals surface area contributed by atoms with Crippen LogP contribution in [-0.2, 0) is 13.1 Å². The predicted molar refractivity (Wildman–Crippen MR) is 87.4 cm³/mol. The SMILES string of the molecule is COc1ccc(C(=O)N(Cc2ccco2)Cc2cccs2)cn1. The largest absolute Gasteiger partial charge is 0.481 e. The quantitative estimate of drug-likeness (QED) is 0.694. The van der Waals surface area contributed by atoms with E-state index in [1.807, 2.05) is 29.6 Å². The van der Waals surface area contributed by atoms with E-state index >= 15 is 0 Å². The van der Waals surface area contributed by atoms with Crippen LogP contribution in [-0.4, -0.2) is 22.9 Å². The third-order valence-corrected chi connectivity index (χ3v) is 4.19. The van der Waals surface area contributed by atoms with E-state index in [-0.39, 0.29) is 5.91 Å². The number of ether oxygens (including phenoxy) is 1. The lowest BCUT2D eigenvalue weighted by atomic mass is 10.2. The second kappa shape index (κ2) is 7.11. The zero-order valence-electron chi connectivity index (χ0n) is 12.6. The molecule has 6 heteroatoms. The van der Waals surface area contributed by atoms with Crippen molar-refractivity contribution >= 4 is 17.2 Å². The van der Waals surface area contributed by atoms with Crippen LogP contribution in [0.25, 0.3) is 0 Å². The molecule has 3 rings (SSSR count). The van der Waals surface area contributed by atoms with Crippen LogP contribution in [0.2, 0.25) is 0 Å². The van der Waals surface area contributed by atoms with E-state index in [4.69, 9.17) is 9.15 Å². The second-order valence-electron chi connectivity index (χ2n) is 4.91. The Labute approximate surface area is 138 Å². The van der Waals surface area contributed by atoms with Crippen LogP contribution in [0.5, 0.6) is 5.88 Å². The van der Waals surface area contributed by atoms with Gasteiger partial charge in [0, 0.05) is 17.1 Å². The summed E-state index contributed by atoms with van der Waals surface area (Å²) in [6, 6.07) is 11.1. The van der Waals surface area contributed by atoms with Crippen molar-refractivity contribution in [1.82, 2.24) is 9.88 Å². The fraction of sp³-hybridized carbons (Fsp3) is 0.176. The molecule has 3 heterocycles. The summed E-state index contributed by atoms with van der Waals surface area (Å²) in [5.74, 6) is 1.14. The van der Waals surface area contributed by atoms with Gasteiger partial charge in [-0.05, 0) is 29.6 Å². The number of carbonyl (C=O) groups excluding carboxylic acids is 1. The molecule has 3 aromatic heterocycles. The fourth-order valence-corrected chi connectivity index (χ4v) is 2.91. The Morgan fingerprint density at radius 1 is 1.26 bits per heavy atom. The summed E-state index contributed by atoms with van der Waals surface area (Å²) in [5, 5.41) is 2.00. The Morgan fingerprint density at radius 2 is 2.17 bits per heavy atom. The van der Waals surface area contributed by atoms with E-state index in [0.717, 1.165) is 10.6 Å². The van der Waals surface area contributed by atoms with Crippen LogP contribution < -0.4 is 4.74 Å². The van der Waals surface area contributed by atoms with Crippen LogP contribution in [0.15, 0.2) is 58.7 Å². The van der Waals surface area contributed by atoms with Gasteiger partial charge in [-0.25, -0.2) is 4.98 Å². The number of carbonyl (C=O) groups is 1. The standard InChI is InChI=1S/C17H16N2O3S/c1-21-16-7-6-13(10-18-16)17(20)19(11-14-4-2-8-22-14)12-15-5-3-9-23-15/h2-10H,11-12H2,1H3. The van der Waals surface area contributed by atoms with Gasteiger partial charge in [-0.1, -0.05) is 6.07 Å². The van der Waals surface area contributed by atoms with Crippen molar-refractivity contribution in [2.24, 2.45) is 0 Å². The zero-order chi connectivity index (χ0) is 16.1. The molecule has 5 nitrogen and oxygen atoms in total. The van der Waals surface area contributed by atoms with Crippen molar-refractivity contribution in [3.63, 3.8) is 0 Å². The van der Waals surface area contributed by atoms with Gasteiger partial charge in [-0.2, -0.15) is 0 Å². The molecule has 0 aliphatic heterocycles. The number of hydrogen-bond donors (Lipinski definition) is 0. The molecule has 1 amide bonds. The van der Waals surface area contributed by atoms with Gasteiger partial charge < -0.3 is 14.1 Å². The topological polar surface area (TPSA) is 55.6 Å². The highest BCUT2D eigenvalue weighted by molar-refractivity contribution is 7.09. The molecular weight excluding hydrogens is 312 g/mol. The van der Waals surface area contributed by atoms with Crippen LogP contribution in [0.3, 0.4) is 0 Å². The summed E-state index contributed by atoms with van der Waals surface area (Å²) >= 11 is 1.62. The smallest absolute Gasteiger partial charge is 0.256 e. The molecule has 0 radical (unpaired) electrons. The van der Waals surface area contributed by atoms with Crippen molar-refractivity contribution in [1.29, 1.82) is 0 Å². The molecule has 0 fully saturated rings. The van der Waals surface area contributed by atoms with Gasteiger partial charge in [0.15, 0.2) is 0 Å². The minimum absolute atomic E-state index is 0.0926. The molecule has 0 spiro atoms. The van der Waals surface area contributed by atoms with E-state index in [1.54, 1.807) is 41.7 Å². The minimum Gasteiger partial charge on any atom is -0.481 e. The Kier molecular flexibility index (Phi) is 4.73. The maximum Gasteiger partial charge on any atom is 0.256 e. The molecule has 0 aromatic carbocycles. The van der Waals surface area contributed by atoms with E-state index in [9.17, 15) is 4.79 Å². The van der Waals surface area contributed by atoms with Gasteiger partial charge in [-0.3, -0.25) is 4.79 Å². The minimum atomic E-state index is -0.0926. The maximum atomic E-state index is 12.8. The summed E-state index contributed by atoms with van der Waals surface area (Å²) in [6.45, 7) is 0.943. The van der Waals surface area contributed by atoms with Crippen LogP contribution in [0.1, 0.15) is 21.0 Å². The third-order valence-electron chi connectivity index (χ3n) is 3.33. The second-order valence-corrected chi connectivity index (χ2v) is 5.94. The number of furan rings is 1. The number of pyridine rings is 1. The van der Waals surface area contributed by atoms with E-state index in [0.29, 0.717) is 24.5 Å². The highest BCUT2D eigenvalue weighted by atomic mass is 32.1. The van der Waals surface area contributed by atoms with Crippen molar-refractivity contribution in [2.45, 2.75) is 13.1 Å². The molecule has 0 N–H and O–H groups in total. The van der Waals surface area contributed by atoms with Gasteiger partial charge >= 0.3 is 0 Å². The molecule has 0 aliphatic carbocycles. The van der Waals surface area contributed by atoms with Gasteiger partial charge in [0.05, 0.1) is 32.0 Å². The highest BCUT2D eigenvalue weighted by Gasteiger charge is 2.18. The van der Waals surface area contributed by atoms with Gasteiger partial charge in [0.2, 0.25) is 5.88 Å². The summed E-state index contributed by atoms with van der Waals surface area (Å²) in [5.41, 5.74) is 0.522. The average molecular weight is 328 g/mol. The van der Waals surface area contributed by atoms with Crippen molar-refractivity contribution < 1.29 is 13.9 Å². The molecule has 0 saturated heterocycles. The van der Waals surface area contributed by atoms with Crippen LogP contribution in [0, 0.1) is 0 Å². The average Bonchev–Trinajstić information content (AvgIpc) is 3.27. The maximum absolute atomic E-state index is 12.8. The lowest BCUT2D eigenvalue weighted by Gasteiger charge is -2.21. The lowest BCUT2D eigenvalue weighted by molar-refractivity contribution is 0.0719. The van der Waals surface area contributed by atoms with E-state index < -0.39 is 0 Å². The van der Waals surface area contributed by atoms with E-state index in [2.05, 4.69) is 4.98 Å². The van der Waals surface area contributed by atoms with Crippen molar-refractivity contribution in [3.8, 4) is 5.88 Å². The number of nitrogens with zero attached hydrogens (tertiary/aromatic N) is 2. The van der Waals surface area contributed by atoms with Crippen molar-refractivity contribution in [2.75, 3.05) is 7.11 Å². The van der Waals surface area contributed by atoms with Crippen LogP contribution >= 0.6 is 11.3 Å². The van der Waals surface area contributed by atoms with Gasteiger partial charge in [-0.15, -0.1) is 11.3 Å². The summed E-state index contributed by atoms with van der Waals surface area (Å²) in [6.07, 6.45) is 3.14. The lowest BCUT2D eigenvalue weighted by Crippen LogP contribution is -2.29. The third kappa shape index (κ3) is 3.78. The Bertz CT molecular complexity index is 701. The number of aromatic nitrogens is 1. The number of thiophene rings is 1. The van der Waals surface area contributed by atoms with Crippen molar-refractivity contribution in [3.05, 3.63) is 70.4 Å². The number of rotatable bonds is 6. The molecule has 23 heavy (non-hydrogen) atoms. The summed E-state index contributed by atoms with van der Waals surface area (Å²) < 4.78 is 10.4. The molecule has 0 aliphatic rings. The summed E-state index contributed by atoms with van der Waals surface area (Å²) in [7, 11) is 1.55. The summed E-state index contributed by atoms with van der Waals surface area (Å²) in [4.78, 5) is 19.8. The molecule has 0 atom stereocenters. The molecule has 0 bridgehead atoms. The highest BCUT2D eigenvalue weighted by Crippen LogP contribution is 2.18.